The van der Waals surface area contributed by atoms with E-state index in [4.69, 9.17) is 23.2 Å². The molecule has 0 bridgehead atoms. The van der Waals surface area contributed by atoms with E-state index in [-0.39, 0.29) is 0 Å². The lowest BCUT2D eigenvalue weighted by Crippen LogP contribution is -2.04. The van der Waals surface area contributed by atoms with Gasteiger partial charge in [-0.3, -0.25) is 0 Å². The van der Waals surface area contributed by atoms with Crippen LogP contribution in [0.25, 0.3) is 0 Å². The molecule has 2 rings (SSSR count). The molecule has 0 aliphatic rings. The Morgan fingerprint density at radius 3 is 2.11 bits per heavy atom. The van der Waals surface area contributed by atoms with E-state index in [2.05, 4.69) is 0 Å². The number of rotatable bonds is 2. The average Bonchev–Trinajstić information content (AvgIpc) is 2.33. The second-order valence-corrected chi connectivity index (χ2v) is 5.71. The molecule has 0 aliphatic heterocycles. The molecule has 2 aromatic carbocycles. The Morgan fingerprint density at radius 2 is 1.47 bits per heavy atom. The number of aliphatic hydroxyl groups is 1. The van der Waals surface area contributed by atoms with Crippen LogP contribution in [0, 0.1) is 20.8 Å². The number of hydrogen-bond donors (Lipinski definition) is 1. The summed E-state index contributed by atoms with van der Waals surface area (Å²) >= 11 is 12.2. The largest absolute Gasteiger partial charge is 0.384 e. The minimum Gasteiger partial charge on any atom is -0.384 e. The van der Waals surface area contributed by atoms with Crippen LogP contribution in [0.15, 0.2) is 30.3 Å². The molecule has 19 heavy (non-hydrogen) atoms. The number of hydrogen-bond acceptors (Lipinski definition) is 1. The monoisotopic (exact) mass is 294 g/mol. The highest BCUT2D eigenvalue weighted by Gasteiger charge is 2.17. The van der Waals surface area contributed by atoms with Crippen LogP contribution in [-0.2, 0) is 0 Å². The molecule has 0 heterocycles. The van der Waals surface area contributed by atoms with Crippen molar-refractivity contribution in [2.45, 2.75) is 26.9 Å². The topological polar surface area (TPSA) is 20.2 Å². The van der Waals surface area contributed by atoms with E-state index < -0.39 is 6.10 Å². The lowest BCUT2D eigenvalue weighted by molar-refractivity contribution is 0.219. The highest BCUT2D eigenvalue weighted by atomic mass is 35.5. The molecular weight excluding hydrogens is 279 g/mol. The van der Waals surface area contributed by atoms with Crippen LogP contribution in [0.2, 0.25) is 10.0 Å². The number of aryl methyl sites for hydroxylation is 3. The maximum absolute atomic E-state index is 10.5. The van der Waals surface area contributed by atoms with Gasteiger partial charge in [0.1, 0.15) is 6.10 Å². The van der Waals surface area contributed by atoms with Crippen molar-refractivity contribution in [3.05, 3.63) is 68.2 Å². The summed E-state index contributed by atoms with van der Waals surface area (Å²) < 4.78 is 0. The Hall–Kier alpha value is -1.02. The lowest BCUT2D eigenvalue weighted by Gasteiger charge is -2.17. The molecule has 1 nitrogen and oxygen atoms in total. The van der Waals surface area contributed by atoms with Gasteiger partial charge in [0, 0.05) is 15.6 Å². The first-order chi connectivity index (χ1) is 8.90. The summed E-state index contributed by atoms with van der Waals surface area (Å²) in [6, 6.07) is 9.29. The molecule has 0 aromatic heterocycles. The van der Waals surface area contributed by atoms with Gasteiger partial charge in [0.05, 0.1) is 0 Å². The van der Waals surface area contributed by atoms with Gasteiger partial charge in [-0.1, -0.05) is 35.3 Å². The fourth-order valence-electron chi connectivity index (χ4n) is 2.13. The second-order valence-electron chi connectivity index (χ2n) is 4.86. The molecule has 1 unspecified atom stereocenters. The molecule has 0 radical (unpaired) electrons. The Labute approximate surface area is 123 Å². The molecule has 100 valence electrons. The molecule has 2 aromatic rings. The Kier molecular flexibility index (Phi) is 4.19. The molecule has 0 fully saturated rings. The van der Waals surface area contributed by atoms with Crippen molar-refractivity contribution in [1.29, 1.82) is 0 Å². The smallest absolute Gasteiger partial charge is 0.106 e. The molecule has 1 N–H and O–H groups in total. The standard InChI is InChI=1S/C16H16Cl2O/c1-9-7-14(15(18)8-10(9)2)16(19)13-5-4-12(17)6-11(13)3/h4-8,16,19H,1-3H3. The predicted octanol–water partition coefficient (Wildman–Crippen LogP) is 5.00. The summed E-state index contributed by atoms with van der Waals surface area (Å²) in [7, 11) is 0. The van der Waals surface area contributed by atoms with Gasteiger partial charge in [-0.15, -0.1) is 0 Å². The first kappa shape index (κ1) is 14.4. The summed E-state index contributed by atoms with van der Waals surface area (Å²) in [4.78, 5) is 0. The van der Waals surface area contributed by atoms with Gasteiger partial charge in [-0.2, -0.15) is 0 Å². The summed E-state index contributed by atoms with van der Waals surface area (Å²) in [5, 5.41) is 11.8. The van der Waals surface area contributed by atoms with Crippen molar-refractivity contribution < 1.29 is 5.11 Å². The zero-order valence-electron chi connectivity index (χ0n) is 11.2. The van der Waals surface area contributed by atoms with Crippen molar-refractivity contribution in [3.63, 3.8) is 0 Å². The van der Waals surface area contributed by atoms with Crippen LogP contribution in [0.1, 0.15) is 33.9 Å². The van der Waals surface area contributed by atoms with Crippen LogP contribution >= 0.6 is 23.2 Å². The van der Waals surface area contributed by atoms with E-state index >= 15 is 0 Å². The van der Waals surface area contributed by atoms with E-state index in [1.807, 2.05) is 45.0 Å². The molecule has 0 aliphatic carbocycles. The molecular formula is C16H16Cl2O. The fraction of sp³-hybridized carbons (Fsp3) is 0.250. The average molecular weight is 295 g/mol. The quantitative estimate of drug-likeness (QED) is 0.826. The summed E-state index contributed by atoms with van der Waals surface area (Å²) in [6.45, 7) is 5.95. The SMILES string of the molecule is Cc1cc(Cl)c(C(O)c2ccc(Cl)cc2C)cc1C. The molecule has 1 atom stereocenters. The van der Waals surface area contributed by atoms with Gasteiger partial charge in [-0.25, -0.2) is 0 Å². The van der Waals surface area contributed by atoms with E-state index in [0.717, 1.165) is 27.8 Å². The number of benzene rings is 2. The highest BCUT2D eigenvalue weighted by molar-refractivity contribution is 6.31. The van der Waals surface area contributed by atoms with Crippen molar-refractivity contribution >= 4 is 23.2 Å². The first-order valence-electron chi connectivity index (χ1n) is 6.11. The number of halogens is 2. The van der Waals surface area contributed by atoms with E-state index in [1.54, 1.807) is 6.07 Å². The summed E-state index contributed by atoms with van der Waals surface area (Å²) in [6.07, 6.45) is -0.732. The van der Waals surface area contributed by atoms with Gasteiger partial charge in [0.2, 0.25) is 0 Å². The molecule has 0 saturated heterocycles. The predicted molar refractivity (Wildman–Crippen MR) is 81.2 cm³/mol. The molecule has 0 spiro atoms. The van der Waals surface area contributed by atoms with Crippen LogP contribution in [0.5, 0.6) is 0 Å². The van der Waals surface area contributed by atoms with Crippen molar-refractivity contribution in [3.8, 4) is 0 Å². The van der Waals surface area contributed by atoms with E-state index in [9.17, 15) is 5.11 Å². The van der Waals surface area contributed by atoms with Crippen LogP contribution in [-0.4, -0.2) is 5.11 Å². The van der Waals surface area contributed by atoms with E-state index in [0.29, 0.717) is 10.0 Å². The van der Waals surface area contributed by atoms with Crippen LogP contribution < -0.4 is 0 Å². The van der Waals surface area contributed by atoms with Crippen LogP contribution in [0.3, 0.4) is 0 Å². The first-order valence-corrected chi connectivity index (χ1v) is 6.86. The summed E-state index contributed by atoms with van der Waals surface area (Å²) in [5.74, 6) is 0. The van der Waals surface area contributed by atoms with E-state index in [1.165, 1.54) is 0 Å². The van der Waals surface area contributed by atoms with Gasteiger partial charge >= 0.3 is 0 Å². The zero-order valence-corrected chi connectivity index (χ0v) is 12.7. The summed E-state index contributed by atoms with van der Waals surface area (Å²) in [5.41, 5.74) is 4.75. The number of aliphatic hydroxyl groups excluding tert-OH is 1. The Bertz CT molecular complexity index is 620. The molecule has 0 saturated carbocycles. The van der Waals surface area contributed by atoms with Gasteiger partial charge in [-0.05, 0) is 61.2 Å². The van der Waals surface area contributed by atoms with Crippen molar-refractivity contribution in [2.75, 3.05) is 0 Å². The fourth-order valence-corrected chi connectivity index (χ4v) is 2.67. The Balaban J connectivity index is 2.49. The minimum atomic E-state index is -0.732. The molecule has 0 amide bonds. The van der Waals surface area contributed by atoms with Crippen molar-refractivity contribution in [2.24, 2.45) is 0 Å². The Morgan fingerprint density at radius 1 is 0.842 bits per heavy atom. The third kappa shape index (κ3) is 2.94. The maximum atomic E-state index is 10.5. The lowest BCUT2D eigenvalue weighted by atomic mass is 9.95. The van der Waals surface area contributed by atoms with Crippen LogP contribution in [0.4, 0.5) is 0 Å². The van der Waals surface area contributed by atoms with Gasteiger partial charge in [0.15, 0.2) is 0 Å². The van der Waals surface area contributed by atoms with Gasteiger partial charge < -0.3 is 5.11 Å². The highest BCUT2D eigenvalue weighted by Crippen LogP contribution is 2.32. The zero-order chi connectivity index (χ0) is 14.2. The maximum Gasteiger partial charge on any atom is 0.106 e. The van der Waals surface area contributed by atoms with Crippen molar-refractivity contribution in [1.82, 2.24) is 0 Å². The normalized spacial score (nSPS) is 12.5. The van der Waals surface area contributed by atoms with Gasteiger partial charge in [0.25, 0.3) is 0 Å². The minimum absolute atomic E-state index is 0.588. The third-order valence-corrected chi connectivity index (χ3v) is 4.00. The third-order valence-electron chi connectivity index (χ3n) is 3.43. The molecule has 3 heteroatoms. The second kappa shape index (κ2) is 5.54.